The van der Waals surface area contributed by atoms with Crippen LogP contribution in [0, 0.1) is 0 Å². The van der Waals surface area contributed by atoms with Crippen molar-refractivity contribution < 1.29 is 19.7 Å². The smallest absolute Gasteiger partial charge is 0.113 e. The van der Waals surface area contributed by atoms with Gasteiger partial charge in [0, 0.05) is 12.7 Å². The van der Waals surface area contributed by atoms with Gasteiger partial charge in [-0.25, -0.2) is 4.68 Å². The van der Waals surface area contributed by atoms with Gasteiger partial charge in [-0.1, -0.05) is 35.5 Å². The Morgan fingerprint density at radius 1 is 1.30 bits per heavy atom. The largest absolute Gasteiger partial charge is 0.394 e. The molecule has 124 valence electrons. The van der Waals surface area contributed by atoms with Gasteiger partial charge in [0.25, 0.3) is 0 Å². The molecule has 0 aliphatic carbocycles. The Kier molecular flexibility index (Phi) is 4.72. The Morgan fingerprint density at radius 2 is 2.04 bits per heavy atom. The minimum Gasteiger partial charge on any atom is -0.394 e. The Hall–Kier alpha value is -1.80. The molecular weight excluding hydrogens is 298 g/mol. The van der Waals surface area contributed by atoms with Crippen molar-refractivity contribution in [2.45, 2.75) is 37.4 Å². The second-order valence-corrected chi connectivity index (χ2v) is 5.69. The van der Waals surface area contributed by atoms with Crippen molar-refractivity contribution in [3.05, 3.63) is 36.5 Å². The summed E-state index contributed by atoms with van der Waals surface area (Å²) in [6, 6.07) is 9.21. The van der Waals surface area contributed by atoms with Gasteiger partial charge in [0.15, 0.2) is 0 Å². The van der Waals surface area contributed by atoms with Crippen LogP contribution in [0.1, 0.15) is 13.0 Å². The fraction of sp³-hybridized carbons (Fsp3) is 0.500. The van der Waals surface area contributed by atoms with E-state index >= 15 is 0 Å². The number of nitrogens with zero attached hydrogens (tertiary/aromatic N) is 3. The zero-order valence-corrected chi connectivity index (χ0v) is 13.1. The second kappa shape index (κ2) is 6.76. The third kappa shape index (κ3) is 3.00. The first-order chi connectivity index (χ1) is 11.2. The Labute approximate surface area is 134 Å². The van der Waals surface area contributed by atoms with Crippen molar-refractivity contribution >= 4 is 0 Å². The highest BCUT2D eigenvalue weighted by Gasteiger charge is 2.45. The summed E-state index contributed by atoms with van der Waals surface area (Å²) >= 11 is 0. The van der Waals surface area contributed by atoms with Crippen molar-refractivity contribution in [1.82, 2.24) is 15.0 Å². The van der Waals surface area contributed by atoms with E-state index < -0.39 is 24.4 Å². The zero-order chi connectivity index (χ0) is 16.4. The lowest BCUT2D eigenvalue weighted by atomic mass is 9.93. The molecule has 1 aliphatic rings. The first kappa shape index (κ1) is 16.1. The molecule has 7 heteroatoms. The molecular formula is C16H21N3O4. The number of aliphatic hydroxyl groups is 2. The van der Waals surface area contributed by atoms with Gasteiger partial charge in [0.1, 0.15) is 30.0 Å². The lowest BCUT2D eigenvalue weighted by Gasteiger charge is -2.42. The maximum absolute atomic E-state index is 10.5. The molecule has 0 spiro atoms. The topological polar surface area (TPSA) is 89.6 Å². The highest BCUT2D eigenvalue weighted by atomic mass is 16.6. The average molecular weight is 319 g/mol. The minimum absolute atomic E-state index is 0.265. The van der Waals surface area contributed by atoms with E-state index in [2.05, 4.69) is 10.3 Å². The number of aliphatic hydroxyl groups excluding tert-OH is 2. The van der Waals surface area contributed by atoms with Crippen LogP contribution in [-0.2, 0) is 9.47 Å². The molecule has 1 aliphatic heterocycles. The van der Waals surface area contributed by atoms with Crippen LogP contribution in [0.25, 0.3) is 11.3 Å². The summed E-state index contributed by atoms with van der Waals surface area (Å²) < 4.78 is 12.7. The summed E-state index contributed by atoms with van der Waals surface area (Å²) in [7, 11) is 1.57. The Morgan fingerprint density at radius 3 is 2.70 bits per heavy atom. The van der Waals surface area contributed by atoms with Crippen LogP contribution in [-0.4, -0.2) is 63.3 Å². The number of methoxy groups -OCH3 is 1. The standard InChI is InChI=1S/C16H21N3O4/c1-10-16(22-2)14(15(21)13(9-20)23-10)19-8-12(17-18-19)11-6-4-3-5-7-11/h3-8,10,13-16,20-21H,9H2,1-2H3/t10-,13-,14+,15+,16+/m1/s1. The van der Waals surface area contributed by atoms with Gasteiger partial charge in [-0.15, -0.1) is 5.10 Å². The number of ether oxygens (including phenoxy) is 2. The fourth-order valence-corrected chi connectivity index (χ4v) is 3.08. The van der Waals surface area contributed by atoms with E-state index in [1.165, 1.54) is 0 Å². The van der Waals surface area contributed by atoms with E-state index in [9.17, 15) is 10.2 Å². The van der Waals surface area contributed by atoms with Crippen LogP contribution in [0.2, 0.25) is 0 Å². The summed E-state index contributed by atoms with van der Waals surface area (Å²) in [6.07, 6.45) is -0.507. The molecule has 0 unspecified atom stereocenters. The van der Waals surface area contributed by atoms with Crippen LogP contribution in [0.15, 0.2) is 36.5 Å². The molecule has 2 heterocycles. The average Bonchev–Trinajstić information content (AvgIpc) is 3.06. The molecule has 1 aromatic carbocycles. The molecule has 1 fully saturated rings. The normalized spacial score (nSPS) is 31.2. The Bertz CT molecular complexity index is 633. The molecule has 0 amide bonds. The van der Waals surface area contributed by atoms with E-state index in [0.717, 1.165) is 5.56 Å². The predicted molar refractivity (Wildman–Crippen MR) is 82.7 cm³/mol. The van der Waals surface area contributed by atoms with Crippen LogP contribution >= 0.6 is 0 Å². The van der Waals surface area contributed by atoms with Crippen molar-refractivity contribution in [1.29, 1.82) is 0 Å². The highest BCUT2D eigenvalue weighted by Crippen LogP contribution is 2.32. The predicted octanol–water partition coefficient (Wildman–Crippen LogP) is 0.642. The molecule has 0 saturated carbocycles. The lowest BCUT2D eigenvalue weighted by molar-refractivity contribution is -0.207. The van der Waals surface area contributed by atoms with Gasteiger partial charge < -0.3 is 19.7 Å². The quantitative estimate of drug-likeness (QED) is 0.860. The van der Waals surface area contributed by atoms with Crippen molar-refractivity contribution in [3.63, 3.8) is 0 Å². The molecule has 2 aromatic rings. The summed E-state index contributed by atoms with van der Waals surface area (Å²) in [6.45, 7) is 1.59. The van der Waals surface area contributed by atoms with Crippen molar-refractivity contribution in [2.75, 3.05) is 13.7 Å². The zero-order valence-electron chi connectivity index (χ0n) is 13.1. The monoisotopic (exact) mass is 319 g/mol. The molecule has 1 saturated heterocycles. The van der Waals surface area contributed by atoms with E-state index in [-0.39, 0.29) is 12.7 Å². The maximum atomic E-state index is 10.5. The van der Waals surface area contributed by atoms with Crippen LogP contribution in [0.3, 0.4) is 0 Å². The molecule has 0 radical (unpaired) electrons. The number of aromatic nitrogens is 3. The summed E-state index contributed by atoms with van der Waals surface area (Å²) in [5, 5.41) is 28.3. The molecule has 2 N–H and O–H groups in total. The minimum atomic E-state index is -0.938. The van der Waals surface area contributed by atoms with Crippen LogP contribution < -0.4 is 0 Å². The molecule has 7 nitrogen and oxygen atoms in total. The van der Waals surface area contributed by atoms with Crippen molar-refractivity contribution in [2.24, 2.45) is 0 Å². The number of benzene rings is 1. The van der Waals surface area contributed by atoms with Gasteiger partial charge >= 0.3 is 0 Å². The van der Waals surface area contributed by atoms with Crippen molar-refractivity contribution in [3.8, 4) is 11.3 Å². The number of hydrogen-bond donors (Lipinski definition) is 2. The van der Waals surface area contributed by atoms with Crippen LogP contribution in [0.4, 0.5) is 0 Å². The molecule has 23 heavy (non-hydrogen) atoms. The van der Waals surface area contributed by atoms with E-state index in [1.54, 1.807) is 18.0 Å². The first-order valence-corrected chi connectivity index (χ1v) is 7.60. The number of rotatable bonds is 4. The van der Waals surface area contributed by atoms with Gasteiger partial charge in [0.2, 0.25) is 0 Å². The third-order valence-electron chi connectivity index (χ3n) is 4.26. The summed E-state index contributed by atoms with van der Waals surface area (Å²) in [5.41, 5.74) is 1.66. The SMILES string of the molecule is CO[C@@H]1[C@@H](n2cc(-c3ccccc3)nn2)[C@@H](O)[C@@H](CO)O[C@@H]1C. The van der Waals surface area contributed by atoms with E-state index in [0.29, 0.717) is 5.69 Å². The molecule has 3 rings (SSSR count). The fourth-order valence-electron chi connectivity index (χ4n) is 3.08. The number of hydrogen-bond acceptors (Lipinski definition) is 6. The first-order valence-electron chi connectivity index (χ1n) is 7.60. The molecule has 0 bridgehead atoms. The summed E-state index contributed by atoms with van der Waals surface area (Å²) in [5.74, 6) is 0. The van der Waals surface area contributed by atoms with Gasteiger partial charge in [0.05, 0.1) is 18.9 Å². The van der Waals surface area contributed by atoms with Gasteiger partial charge in [-0.2, -0.15) is 0 Å². The van der Waals surface area contributed by atoms with Gasteiger partial charge in [-0.05, 0) is 6.92 Å². The highest BCUT2D eigenvalue weighted by molar-refractivity contribution is 5.57. The molecule has 1 aromatic heterocycles. The second-order valence-electron chi connectivity index (χ2n) is 5.69. The lowest BCUT2D eigenvalue weighted by Crippen LogP contribution is -2.55. The Balaban J connectivity index is 1.93. The molecule has 5 atom stereocenters. The van der Waals surface area contributed by atoms with E-state index in [1.807, 2.05) is 37.3 Å². The van der Waals surface area contributed by atoms with Gasteiger partial charge in [-0.3, -0.25) is 0 Å². The van der Waals surface area contributed by atoms with Crippen LogP contribution in [0.5, 0.6) is 0 Å². The summed E-state index contributed by atoms with van der Waals surface area (Å²) in [4.78, 5) is 0. The van der Waals surface area contributed by atoms with E-state index in [4.69, 9.17) is 9.47 Å². The maximum Gasteiger partial charge on any atom is 0.113 e. The third-order valence-corrected chi connectivity index (χ3v) is 4.26.